The Hall–Kier alpha value is -1.62. The zero-order valence-corrected chi connectivity index (χ0v) is 11.4. The molecule has 1 aromatic heterocycles. The second-order valence-electron chi connectivity index (χ2n) is 4.08. The van der Waals surface area contributed by atoms with Crippen LogP contribution in [-0.4, -0.2) is 25.8 Å². The van der Waals surface area contributed by atoms with Gasteiger partial charge in [0.2, 0.25) is 0 Å². The van der Waals surface area contributed by atoms with Gasteiger partial charge in [-0.25, -0.2) is 0 Å². The van der Waals surface area contributed by atoms with Crippen molar-refractivity contribution in [3.8, 4) is 0 Å². The van der Waals surface area contributed by atoms with Crippen molar-refractivity contribution in [1.29, 1.82) is 0 Å². The van der Waals surface area contributed by atoms with Crippen LogP contribution in [0.25, 0.3) is 0 Å². The molecule has 0 N–H and O–H groups in total. The van der Waals surface area contributed by atoms with E-state index in [-0.39, 0.29) is 11.0 Å². The van der Waals surface area contributed by atoms with Crippen molar-refractivity contribution >= 4 is 17.5 Å². The standard InChI is InChI=1S/C13H15N3OS/c1-9(12(17)11-7-5-4-6-8-11)18-13-15-14-10(2)16(13)3/h4-9H,1-3H3/t9-/m1/s1. The Bertz CT molecular complexity index is 551. The van der Waals surface area contributed by atoms with Gasteiger partial charge < -0.3 is 4.57 Å². The number of hydrogen-bond donors (Lipinski definition) is 0. The average molecular weight is 261 g/mol. The van der Waals surface area contributed by atoms with E-state index in [0.29, 0.717) is 0 Å². The van der Waals surface area contributed by atoms with Crippen LogP contribution in [0, 0.1) is 6.92 Å². The molecule has 0 aliphatic carbocycles. The number of carbonyl (C=O) groups excluding carboxylic acids is 1. The minimum absolute atomic E-state index is 0.112. The third-order valence-electron chi connectivity index (χ3n) is 2.76. The maximum atomic E-state index is 12.2. The summed E-state index contributed by atoms with van der Waals surface area (Å²) in [6.07, 6.45) is 0. The van der Waals surface area contributed by atoms with Gasteiger partial charge in [-0.1, -0.05) is 42.1 Å². The minimum atomic E-state index is -0.172. The van der Waals surface area contributed by atoms with E-state index >= 15 is 0 Å². The van der Waals surface area contributed by atoms with Crippen LogP contribution in [0.2, 0.25) is 0 Å². The number of aryl methyl sites for hydroxylation is 1. The number of rotatable bonds is 4. The Kier molecular flexibility index (Phi) is 3.81. The lowest BCUT2D eigenvalue weighted by molar-refractivity contribution is 0.0994. The molecule has 0 radical (unpaired) electrons. The lowest BCUT2D eigenvalue weighted by Crippen LogP contribution is -2.14. The molecule has 0 saturated carbocycles. The summed E-state index contributed by atoms with van der Waals surface area (Å²) in [4.78, 5) is 12.2. The molecular formula is C13H15N3OS. The number of thioether (sulfide) groups is 1. The molecule has 4 nitrogen and oxygen atoms in total. The Morgan fingerprint density at radius 2 is 1.94 bits per heavy atom. The first-order valence-electron chi connectivity index (χ1n) is 5.71. The first kappa shape index (κ1) is 12.8. The third-order valence-corrected chi connectivity index (χ3v) is 3.90. The fraction of sp³-hybridized carbons (Fsp3) is 0.308. The largest absolute Gasteiger partial charge is 0.309 e. The second-order valence-corrected chi connectivity index (χ2v) is 5.39. The summed E-state index contributed by atoms with van der Waals surface area (Å²) >= 11 is 1.43. The molecule has 2 rings (SSSR count). The van der Waals surface area contributed by atoms with Crippen LogP contribution in [0.1, 0.15) is 23.1 Å². The highest BCUT2D eigenvalue weighted by Crippen LogP contribution is 2.23. The predicted octanol–water partition coefficient (Wildman–Crippen LogP) is 2.49. The van der Waals surface area contributed by atoms with Crippen molar-refractivity contribution in [2.75, 3.05) is 0 Å². The summed E-state index contributed by atoms with van der Waals surface area (Å²) in [7, 11) is 1.90. The molecule has 1 heterocycles. The van der Waals surface area contributed by atoms with Crippen LogP contribution in [0.15, 0.2) is 35.5 Å². The van der Waals surface area contributed by atoms with E-state index in [1.54, 1.807) is 0 Å². The number of hydrogen-bond acceptors (Lipinski definition) is 4. The molecule has 0 unspecified atom stereocenters. The topological polar surface area (TPSA) is 47.8 Å². The summed E-state index contributed by atoms with van der Waals surface area (Å²) in [6.45, 7) is 3.78. The van der Waals surface area contributed by atoms with Gasteiger partial charge in [0.1, 0.15) is 5.82 Å². The van der Waals surface area contributed by atoms with Crippen LogP contribution in [0.4, 0.5) is 0 Å². The van der Waals surface area contributed by atoms with Crippen molar-refractivity contribution in [2.24, 2.45) is 7.05 Å². The molecule has 94 valence electrons. The van der Waals surface area contributed by atoms with Gasteiger partial charge in [0.05, 0.1) is 5.25 Å². The van der Waals surface area contributed by atoms with Crippen LogP contribution >= 0.6 is 11.8 Å². The van der Waals surface area contributed by atoms with Crippen molar-refractivity contribution in [3.63, 3.8) is 0 Å². The van der Waals surface area contributed by atoms with Crippen molar-refractivity contribution in [2.45, 2.75) is 24.3 Å². The van der Waals surface area contributed by atoms with Gasteiger partial charge in [0, 0.05) is 12.6 Å². The van der Waals surface area contributed by atoms with E-state index in [2.05, 4.69) is 10.2 Å². The molecule has 0 bridgehead atoms. The molecule has 0 aliphatic heterocycles. The Morgan fingerprint density at radius 3 is 2.50 bits per heavy atom. The number of aromatic nitrogens is 3. The molecule has 5 heteroatoms. The van der Waals surface area contributed by atoms with E-state index in [4.69, 9.17) is 0 Å². The lowest BCUT2D eigenvalue weighted by atomic mass is 10.1. The number of carbonyl (C=O) groups is 1. The molecule has 0 saturated heterocycles. The van der Waals surface area contributed by atoms with Crippen LogP contribution in [0.3, 0.4) is 0 Å². The maximum absolute atomic E-state index is 12.2. The van der Waals surface area contributed by atoms with E-state index in [1.165, 1.54) is 11.8 Å². The summed E-state index contributed by atoms with van der Waals surface area (Å²) in [5.74, 6) is 0.957. The zero-order valence-electron chi connectivity index (χ0n) is 10.6. The fourth-order valence-electron chi connectivity index (χ4n) is 1.54. The summed E-state index contributed by atoms with van der Waals surface area (Å²) in [5, 5.41) is 8.63. The van der Waals surface area contributed by atoms with E-state index in [9.17, 15) is 4.79 Å². The number of benzene rings is 1. The molecular weight excluding hydrogens is 246 g/mol. The summed E-state index contributed by atoms with van der Waals surface area (Å²) in [5.41, 5.74) is 0.733. The first-order chi connectivity index (χ1) is 8.59. The van der Waals surface area contributed by atoms with Crippen molar-refractivity contribution in [1.82, 2.24) is 14.8 Å². The lowest BCUT2D eigenvalue weighted by Gasteiger charge is -2.09. The van der Waals surface area contributed by atoms with Gasteiger partial charge in [0.25, 0.3) is 0 Å². The highest BCUT2D eigenvalue weighted by molar-refractivity contribution is 8.00. The molecule has 1 atom stereocenters. The molecule has 0 spiro atoms. The van der Waals surface area contributed by atoms with E-state index in [1.807, 2.05) is 55.8 Å². The maximum Gasteiger partial charge on any atom is 0.191 e. The van der Waals surface area contributed by atoms with Crippen molar-refractivity contribution in [3.05, 3.63) is 41.7 Å². The van der Waals surface area contributed by atoms with Gasteiger partial charge in [-0.15, -0.1) is 10.2 Å². The zero-order chi connectivity index (χ0) is 13.1. The fourth-order valence-corrected chi connectivity index (χ4v) is 2.48. The van der Waals surface area contributed by atoms with E-state index in [0.717, 1.165) is 16.5 Å². The molecule has 1 aromatic carbocycles. The van der Waals surface area contributed by atoms with Crippen LogP contribution < -0.4 is 0 Å². The van der Waals surface area contributed by atoms with E-state index < -0.39 is 0 Å². The molecule has 0 amide bonds. The number of ketones is 1. The Balaban J connectivity index is 2.11. The normalized spacial score (nSPS) is 12.4. The molecule has 0 aliphatic rings. The summed E-state index contributed by atoms with van der Waals surface area (Å²) < 4.78 is 1.89. The smallest absolute Gasteiger partial charge is 0.191 e. The second kappa shape index (κ2) is 5.35. The van der Waals surface area contributed by atoms with Gasteiger partial charge in [-0.05, 0) is 13.8 Å². The predicted molar refractivity (Wildman–Crippen MR) is 71.8 cm³/mol. The quantitative estimate of drug-likeness (QED) is 0.626. The van der Waals surface area contributed by atoms with Crippen LogP contribution in [-0.2, 0) is 7.05 Å². The number of Topliss-reactive ketones (excluding diaryl/α,β-unsaturated/α-hetero) is 1. The Morgan fingerprint density at radius 1 is 1.28 bits per heavy atom. The first-order valence-corrected chi connectivity index (χ1v) is 6.59. The number of nitrogens with zero attached hydrogens (tertiary/aromatic N) is 3. The van der Waals surface area contributed by atoms with Crippen LogP contribution in [0.5, 0.6) is 0 Å². The highest BCUT2D eigenvalue weighted by Gasteiger charge is 2.19. The van der Waals surface area contributed by atoms with Crippen molar-refractivity contribution < 1.29 is 4.79 Å². The van der Waals surface area contributed by atoms with Gasteiger partial charge in [-0.3, -0.25) is 4.79 Å². The molecule has 0 fully saturated rings. The Labute approximate surface area is 110 Å². The highest BCUT2D eigenvalue weighted by atomic mass is 32.2. The SMILES string of the molecule is Cc1nnc(S[C@H](C)C(=O)c2ccccc2)n1C. The molecule has 18 heavy (non-hydrogen) atoms. The summed E-state index contributed by atoms with van der Waals surface area (Å²) in [6, 6.07) is 9.32. The van der Waals surface area contributed by atoms with Gasteiger partial charge in [0.15, 0.2) is 10.9 Å². The monoisotopic (exact) mass is 261 g/mol. The van der Waals surface area contributed by atoms with Gasteiger partial charge in [-0.2, -0.15) is 0 Å². The average Bonchev–Trinajstić information content (AvgIpc) is 2.71. The third kappa shape index (κ3) is 2.61. The molecule has 2 aromatic rings. The van der Waals surface area contributed by atoms with Gasteiger partial charge >= 0.3 is 0 Å². The minimum Gasteiger partial charge on any atom is -0.309 e.